The predicted octanol–water partition coefficient (Wildman–Crippen LogP) is 4.45. The molecule has 0 fully saturated rings. The highest BCUT2D eigenvalue weighted by molar-refractivity contribution is 14.0. The maximum atomic E-state index is 13.2. The predicted molar refractivity (Wildman–Crippen MR) is 120 cm³/mol. The lowest BCUT2D eigenvalue weighted by Gasteiger charge is -2.11. The molecule has 2 aromatic carbocycles. The normalized spacial score (nSPS) is 11.1. The highest BCUT2D eigenvalue weighted by Crippen LogP contribution is 2.19. The molecule has 0 atom stereocenters. The van der Waals surface area contributed by atoms with Crippen LogP contribution < -0.4 is 10.6 Å². The van der Waals surface area contributed by atoms with Gasteiger partial charge in [-0.05, 0) is 43.2 Å². The maximum absolute atomic E-state index is 13.2. The third kappa shape index (κ3) is 6.81. The van der Waals surface area contributed by atoms with Crippen molar-refractivity contribution in [1.29, 1.82) is 0 Å². The van der Waals surface area contributed by atoms with Gasteiger partial charge < -0.3 is 15.1 Å². The fourth-order valence-electron chi connectivity index (χ4n) is 2.69. The van der Waals surface area contributed by atoms with E-state index in [1.54, 1.807) is 13.3 Å². The standard InChI is InChI=1S/C21H22F2N4O.HI/c1-14-3-5-16(6-4-14)20-27-19(13-28-20)12-26-21(24-2)25-8-7-15-9-17(22)11-18(23)10-15;/h3-6,9-11,13H,7-8,12H2,1-2H3,(H2,24,25,26);1H. The fourth-order valence-corrected chi connectivity index (χ4v) is 2.69. The Morgan fingerprint density at radius 1 is 1.07 bits per heavy atom. The second-order valence-corrected chi connectivity index (χ2v) is 6.39. The number of halogens is 3. The molecule has 0 aliphatic heterocycles. The minimum atomic E-state index is -0.576. The van der Waals surface area contributed by atoms with E-state index in [9.17, 15) is 8.78 Å². The number of hydrogen-bond donors (Lipinski definition) is 2. The summed E-state index contributed by atoms with van der Waals surface area (Å²) < 4.78 is 32.0. The second kappa shape index (κ2) is 10.9. The van der Waals surface area contributed by atoms with E-state index in [0.29, 0.717) is 36.9 Å². The molecule has 0 saturated heterocycles. The van der Waals surface area contributed by atoms with Crippen LogP contribution in [0.5, 0.6) is 0 Å². The molecule has 0 spiro atoms. The van der Waals surface area contributed by atoms with Crippen LogP contribution >= 0.6 is 24.0 Å². The smallest absolute Gasteiger partial charge is 0.226 e. The molecule has 0 aliphatic carbocycles. The maximum Gasteiger partial charge on any atom is 0.226 e. The molecule has 3 rings (SSSR count). The van der Waals surface area contributed by atoms with Crippen molar-refractivity contribution >= 4 is 29.9 Å². The van der Waals surface area contributed by atoms with E-state index < -0.39 is 11.6 Å². The first-order valence-electron chi connectivity index (χ1n) is 8.94. The van der Waals surface area contributed by atoms with Crippen molar-refractivity contribution in [3.8, 4) is 11.5 Å². The van der Waals surface area contributed by atoms with Crippen LogP contribution in [0.1, 0.15) is 16.8 Å². The number of nitrogens with one attached hydrogen (secondary N) is 2. The largest absolute Gasteiger partial charge is 0.444 e. The van der Waals surface area contributed by atoms with Gasteiger partial charge in [0.2, 0.25) is 5.89 Å². The second-order valence-electron chi connectivity index (χ2n) is 6.39. The topological polar surface area (TPSA) is 62.5 Å². The van der Waals surface area contributed by atoms with Crippen LogP contribution in [0.3, 0.4) is 0 Å². The Morgan fingerprint density at radius 2 is 1.76 bits per heavy atom. The monoisotopic (exact) mass is 512 g/mol. The number of oxazole rings is 1. The molecule has 5 nitrogen and oxygen atoms in total. The molecule has 0 amide bonds. The Balaban J connectivity index is 0.00000300. The quantitative estimate of drug-likeness (QED) is 0.291. The average molecular weight is 512 g/mol. The van der Waals surface area contributed by atoms with Crippen molar-refractivity contribution in [3.63, 3.8) is 0 Å². The van der Waals surface area contributed by atoms with Crippen molar-refractivity contribution in [2.45, 2.75) is 19.9 Å². The lowest BCUT2D eigenvalue weighted by atomic mass is 10.1. The molecule has 154 valence electrons. The van der Waals surface area contributed by atoms with Crippen LogP contribution in [0.2, 0.25) is 0 Å². The summed E-state index contributed by atoms with van der Waals surface area (Å²) in [5, 5.41) is 6.24. The number of rotatable bonds is 6. The summed E-state index contributed by atoms with van der Waals surface area (Å²) in [7, 11) is 1.65. The van der Waals surface area contributed by atoms with Gasteiger partial charge in [-0.25, -0.2) is 13.8 Å². The number of aryl methyl sites for hydroxylation is 1. The number of nitrogens with zero attached hydrogens (tertiary/aromatic N) is 2. The van der Waals surface area contributed by atoms with E-state index in [1.807, 2.05) is 31.2 Å². The molecule has 29 heavy (non-hydrogen) atoms. The van der Waals surface area contributed by atoms with Crippen LogP contribution in [-0.2, 0) is 13.0 Å². The Hall–Kier alpha value is -2.49. The van der Waals surface area contributed by atoms with Gasteiger partial charge in [-0.1, -0.05) is 17.7 Å². The van der Waals surface area contributed by atoms with Crippen LogP contribution in [0.4, 0.5) is 8.78 Å². The number of aromatic nitrogens is 1. The van der Waals surface area contributed by atoms with Crippen molar-refractivity contribution in [1.82, 2.24) is 15.6 Å². The minimum Gasteiger partial charge on any atom is -0.444 e. The van der Waals surface area contributed by atoms with Gasteiger partial charge in [0, 0.05) is 25.2 Å². The van der Waals surface area contributed by atoms with Gasteiger partial charge in [0.25, 0.3) is 0 Å². The van der Waals surface area contributed by atoms with E-state index in [0.717, 1.165) is 17.3 Å². The van der Waals surface area contributed by atoms with Crippen LogP contribution in [0.15, 0.2) is 58.1 Å². The Labute approximate surface area is 185 Å². The average Bonchev–Trinajstić information content (AvgIpc) is 3.13. The first-order valence-corrected chi connectivity index (χ1v) is 8.94. The van der Waals surface area contributed by atoms with Crippen LogP contribution in [0.25, 0.3) is 11.5 Å². The number of hydrogen-bond acceptors (Lipinski definition) is 3. The van der Waals surface area contributed by atoms with Crippen molar-refractivity contribution < 1.29 is 13.2 Å². The summed E-state index contributed by atoms with van der Waals surface area (Å²) in [4.78, 5) is 8.60. The Kier molecular flexibility index (Phi) is 8.56. The molecule has 0 radical (unpaired) electrons. The summed E-state index contributed by atoms with van der Waals surface area (Å²) in [6.07, 6.45) is 2.07. The van der Waals surface area contributed by atoms with Gasteiger partial charge >= 0.3 is 0 Å². The number of benzene rings is 2. The minimum absolute atomic E-state index is 0. The molecule has 1 heterocycles. The molecule has 8 heteroatoms. The molecule has 0 saturated carbocycles. The summed E-state index contributed by atoms with van der Waals surface area (Å²) in [5.41, 5.74) is 3.42. The van der Waals surface area contributed by atoms with Crippen molar-refractivity contribution in [3.05, 3.63) is 77.2 Å². The summed E-state index contributed by atoms with van der Waals surface area (Å²) >= 11 is 0. The van der Waals surface area contributed by atoms with Gasteiger partial charge in [0.05, 0.1) is 12.2 Å². The highest BCUT2D eigenvalue weighted by atomic mass is 127. The van der Waals surface area contributed by atoms with Gasteiger partial charge in [-0.2, -0.15) is 0 Å². The van der Waals surface area contributed by atoms with E-state index >= 15 is 0 Å². The molecule has 3 aromatic rings. The molecule has 0 aliphatic rings. The molecular formula is C21H23F2IN4O. The van der Waals surface area contributed by atoms with E-state index in [-0.39, 0.29) is 24.0 Å². The number of guanidine groups is 1. The Morgan fingerprint density at radius 3 is 2.41 bits per heavy atom. The zero-order chi connectivity index (χ0) is 19.9. The zero-order valence-electron chi connectivity index (χ0n) is 16.2. The number of aliphatic imine (C=N–C) groups is 1. The van der Waals surface area contributed by atoms with E-state index in [4.69, 9.17) is 4.42 Å². The van der Waals surface area contributed by atoms with Crippen LogP contribution in [0, 0.1) is 18.6 Å². The molecule has 0 bridgehead atoms. The third-order valence-corrected chi connectivity index (χ3v) is 4.14. The summed E-state index contributed by atoms with van der Waals surface area (Å²) in [5.74, 6) is -0.0227. The van der Waals surface area contributed by atoms with E-state index in [1.165, 1.54) is 17.7 Å². The fraction of sp³-hybridized carbons (Fsp3) is 0.238. The molecule has 0 unspecified atom stereocenters. The molecular weight excluding hydrogens is 489 g/mol. The van der Waals surface area contributed by atoms with Gasteiger partial charge in [0.1, 0.15) is 17.9 Å². The lowest BCUT2D eigenvalue weighted by Crippen LogP contribution is -2.37. The van der Waals surface area contributed by atoms with Crippen molar-refractivity contribution in [2.75, 3.05) is 13.6 Å². The third-order valence-electron chi connectivity index (χ3n) is 4.14. The van der Waals surface area contributed by atoms with Crippen LogP contribution in [-0.4, -0.2) is 24.5 Å². The van der Waals surface area contributed by atoms with E-state index in [2.05, 4.69) is 20.6 Å². The molecule has 1 aromatic heterocycles. The zero-order valence-corrected chi connectivity index (χ0v) is 18.5. The first-order chi connectivity index (χ1) is 13.5. The van der Waals surface area contributed by atoms with Gasteiger partial charge in [0.15, 0.2) is 5.96 Å². The molecule has 2 N–H and O–H groups in total. The summed E-state index contributed by atoms with van der Waals surface area (Å²) in [6, 6.07) is 11.5. The highest BCUT2D eigenvalue weighted by Gasteiger charge is 2.07. The van der Waals surface area contributed by atoms with Crippen molar-refractivity contribution in [2.24, 2.45) is 4.99 Å². The first kappa shape index (κ1) is 22.8. The van der Waals surface area contributed by atoms with Gasteiger partial charge in [-0.15, -0.1) is 24.0 Å². The summed E-state index contributed by atoms with van der Waals surface area (Å²) in [6.45, 7) is 2.94. The lowest BCUT2D eigenvalue weighted by molar-refractivity contribution is 0.572. The van der Waals surface area contributed by atoms with Gasteiger partial charge in [-0.3, -0.25) is 4.99 Å². The Bertz CT molecular complexity index is 937. The SMILES string of the molecule is CN=C(NCCc1cc(F)cc(F)c1)NCc1coc(-c2ccc(C)cc2)n1.I.